The summed E-state index contributed by atoms with van der Waals surface area (Å²) in [4.78, 5) is 0. The summed E-state index contributed by atoms with van der Waals surface area (Å²) < 4.78 is 0. The van der Waals surface area contributed by atoms with Crippen LogP contribution in [0.15, 0.2) is 12.7 Å². The second-order valence-corrected chi connectivity index (χ2v) is 1.54. The maximum atomic E-state index is 7.62. The standard InChI is InChI=1S/C4H9N.C2H6O2/c1-3-4(2)5;3-1-2-4/h3-4H,1,5H2,2H3;3-4H,1-2H2. The number of nitrogens with two attached hydrogens (primary N) is 1. The molecule has 3 heteroatoms. The Hall–Kier alpha value is -0.380. The molecule has 0 radical (unpaired) electrons. The lowest BCUT2D eigenvalue weighted by atomic mass is 10.4. The summed E-state index contributed by atoms with van der Waals surface area (Å²) in [6.07, 6.45) is 1.69. The van der Waals surface area contributed by atoms with E-state index in [1.807, 2.05) is 6.92 Å². The molecule has 0 aliphatic carbocycles. The molecule has 0 aromatic carbocycles. The van der Waals surface area contributed by atoms with E-state index in [2.05, 4.69) is 6.58 Å². The molecule has 0 amide bonds. The second-order valence-electron chi connectivity index (χ2n) is 1.54. The zero-order chi connectivity index (χ0) is 7.70. The van der Waals surface area contributed by atoms with Crippen molar-refractivity contribution in [3.05, 3.63) is 12.7 Å². The van der Waals surface area contributed by atoms with E-state index in [0.717, 1.165) is 0 Å². The minimum Gasteiger partial charge on any atom is -0.394 e. The highest BCUT2D eigenvalue weighted by molar-refractivity contribution is 4.76. The van der Waals surface area contributed by atoms with E-state index in [1.165, 1.54) is 0 Å². The van der Waals surface area contributed by atoms with E-state index in [9.17, 15) is 0 Å². The molecular weight excluding hydrogens is 118 g/mol. The van der Waals surface area contributed by atoms with Crippen LogP contribution in [-0.4, -0.2) is 29.5 Å². The van der Waals surface area contributed by atoms with Crippen molar-refractivity contribution >= 4 is 0 Å². The third-order valence-corrected chi connectivity index (χ3v) is 0.472. The van der Waals surface area contributed by atoms with Gasteiger partial charge in [0.1, 0.15) is 0 Å². The van der Waals surface area contributed by atoms with Crippen molar-refractivity contribution in [2.75, 3.05) is 13.2 Å². The Morgan fingerprint density at radius 3 is 1.78 bits per heavy atom. The van der Waals surface area contributed by atoms with Crippen LogP contribution in [0.2, 0.25) is 0 Å². The Morgan fingerprint density at radius 2 is 1.78 bits per heavy atom. The fourth-order valence-electron chi connectivity index (χ4n) is 0. The SMILES string of the molecule is C=CC(C)N.OCCO. The number of rotatable bonds is 2. The first-order valence-electron chi connectivity index (χ1n) is 2.78. The van der Waals surface area contributed by atoms with E-state index in [-0.39, 0.29) is 19.3 Å². The summed E-state index contributed by atoms with van der Waals surface area (Å²) >= 11 is 0. The fourth-order valence-corrected chi connectivity index (χ4v) is 0. The molecule has 0 aromatic rings. The van der Waals surface area contributed by atoms with E-state index >= 15 is 0 Å². The van der Waals surface area contributed by atoms with E-state index < -0.39 is 0 Å². The minimum atomic E-state index is -0.125. The van der Waals surface area contributed by atoms with Gasteiger partial charge in [-0.1, -0.05) is 6.08 Å². The molecule has 0 aliphatic rings. The number of aliphatic hydroxyl groups is 2. The average Bonchev–Trinajstić information content (AvgIpc) is 1.89. The van der Waals surface area contributed by atoms with Gasteiger partial charge in [-0.05, 0) is 6.92 Å². The van der Waals surface area contributed by atoms with E-state index in [4.69, 9.17) is 15.9 Å². The topological polar surface area (TPSA) is 66.5 Å². The molecule has 3 nitrogen and oxygen atoms in total. The molecule has 0 rings (SSSR count). The Kier molecular flexibility index (Phi) is 13.4. The third kappa shape index (κ3) is 35.1. The van der Waals surface area contributed by atoms with Gasteiger partial charge in [-0.2, -0.15) is 0 Å². The Labute approximate surface area is 55.8 Å². The number of hydrogen-bond donors (Lipinski definition) is 3. The van der Waals surface area contributed by atoms with Gasteiger partial charge < -0.3 is 15.9 Å². The molecule has 1 unspecified atom stereocenters. The van der Waals surface area contributed by atoms with Crippen LogP contribution in [0.25, 0.3) is 0 Å². The van der Waals surface area contributed by atoms with E-state index in [0.29, 0.717) is 0 Å². The predicted molar refractivity (Wildman–Crippen MR) is 38.0 cm³/mol. The Bertz CT molecular complexity index is 53.0. The van der Waals surface area contributed by atoms with Crippen molar-refractivity contribution in [1.29, 1.82) is 0 Å². The molecule has 4 N–H and O–H groups in total. The summed E-state index contributed by atoms with van der Waals surface area (Å²) in [5.74, 6) is 0. The second kappa shape index (κ2) is 10.6. The van der Waals surface area contributed by atoms with Gasteiger partial charge in [0.05, 0.1) is 13.2 Å². The van der Waals surface area contributed by atoms with Gasteiger partial charge in [-0.25, -0.2) is 0 Å². The van der Waals surface area contributed by atoms with Crippen molar-refractivity contribution in [2.24, 2.45) is 5.73 Å². The highest BCUT2D eigenvalue weighted by Gasteiger charge is 1.73. The molecule has 0 bridgehead atoms. The summed E-state index contributed by atoms with van der Waals surface area (Å²) in [6.45, 7) is 5.07. The smallest absolute Gasteiger partial charge is 0.0662 e. The monoisotopic (exact) mass is 133 g/mol. The van der Waals surface area contributed by atoms with Crippen LogP contribution >= 0.6 is 0 Å². The van der Waals surface area contributed by atoms with Crippen molar-refractivity contribution in [3.63, 3.8) is 0 Å². The molecule has 0 heterocycles. The summed E-state index contributed by atoms with van der Waals surface area (Å²) in [6, 6.07) is 0.148. The fraction of sp³-hybridized carbons (Fsp3) is 0.667. The molecule has 1 atom stereocenters. The zero-order valence-corrected chi connectivity index (χ0v) is 5.75. The number of hydrogen-bond acceptors (Lipinski definition) is 3. The lowest BCUT2D eigenvalue weighted by Crippen LogP contribution is -2.09. The summed E-state index contributed by atoms with van der Waals surface area (Å²) in [5.41, 5.74) is 5.17. The third-order valence-electron chi connectivity index (χ3n) is 0.472. The quantitative estimate of drug-likeness (QED) is 0.444. The molecule has 0 saturated carbocycles. The highest BCUT2D eigenvalue weighted by Crippen LogP contribution is 1.67. The van der Waals surface area contributed by atoms with Gasteiger partial charge in [0.15, 0.2) is 0 Å². The van der Waals surface area contributed by atoms with Gasteiger partial charge in [0.25, 0.3) is 0 Å². The van der Waals surface area contributed by atoms with Gasteiger partial charge >= 0.3 is 0 Å². The van der Waals surface area contributed by atoms with Crippen LogP contribution in [0.5, 0.6) is 0 Å². The summed E-state index contributed by atoms with van der Waals surface area (Å²) in [7, 11) is 0. The minimum absolute atomic E-state index is 0.125. The predicted octanol–water partition coefficient (Wildman–Crippen LogP) is -0.509. The first-order valence-corrected chi connectivity index (χ1v) is 2.78. The number of aliphatic hydroxyl groups excluding tert-OH is 2. The molecule has 0 spiro atoms. The highest BCUT2D eigenvalue weighted by atomic mass is 16.3. The van der Waals surface area contributed by atoms with Crippen molar-refractivity contribution in [2.45, 2.75) is 13.0 Å². The van der Waals surface area contributed by atoms with Gasteiger partial charge in [0, 0.05) is 6.04 Å². The van der Waals surface area contributed by atoms with Crippen LogP contribution < -0.4 is 5.73 Å². The van der Waals surface area contributed by atoms with Crippen molar-refractivity contribution in [3.8, 4) is 0 Å². The molecule has 0 aliphatic heterocycles. The molecular formula is C6H15NO2. The largest absolute Gasteiger partial charge is 0.394 e. The molecule has 0 fully saturated rings. The maximum Gasteiger partial charge on any atom is 0.0662 e. The van der Waals surface area contributed by atoms with E-state index in [1.54, 1.807) is 6.08 Å². The van der Waals surface area contributed by atoms with Gasteiger partial charge in [-0.15, -0.1) is 6.58 Å². The van der Waals surface area contributed by atoms with Gasteiger partial charge in [-0.3, -0.25) is 0 Å². The lowest BCUT2D eigenvalue weighted by molar-refractivity contribution is 0.186. The lowest BCUT2D eigenvalue weighted by Gasteiger charge is -1.85. The molecule has 56 valence electrons. The van der Waals surface area contributed by atoms with Crippen molar-refractivity contribution < 1.29 is 10.2 Å². The normalized spacial score (nSPS) is 11.1. The zero-order valence-electron chi connectivity index (χ0n) is 5.75. The van der Waals surface area contributed by atoms with Crippen molar-refractivity contribution in [1.82, 2.24) is 0 Å². The molecule has 0 saturated heterocycles. The molecule has 9 heavy (non-hydrogen) atoms. The Morgan fingerprint density at radius 1 is 1.56 bits per heavy atom. The van der Waals surface area contributed by atoms with Crippen LogP contribution in [0.3, 0.4) is 0 Å². The van der Waals surface area contributed by atoms with Crippen LogP contribution in [0.1, 0.15) is 6.92 Å². The first-order chi connectivity index (χ1) is 4.18. The molecule has 0 aromatic heterocycles. The van der Waals surface area contributed by atoms with Crippen LogP contribution in [0, 0.1) is 0 Å². The summed E-state index contributed by atoms with van der Waals surface area (Å²) in [5, 5.41) is 15.2. The maximum absolute atomic E-state index is 7.62. The van der Waals surface area contributed by atoms with Crippen LogP contribution in [0.4, 0.5) is 0 Å². The Balaban J connectivity index is 0. The van der Waals surface area contributed by atoms with Gasteiger partial charge in [0.2, 0.25) is 0 Å². The average molecular weight is 133 g/mol. The first kappa shape index (κ1) is 11.4. The van der Waals surface area contributed by atoms with Crippen LogP contribution in [-0.2, 0) is 0 Å².